The highest BCUT2D eigenvalue weighted by Crippen LogP contribution is 2.47. The van der Waals surface area contributed by atoms with Gasteiger partial charge in [-0.1, -0.05) is 30.3 Å². The van der Waals surface area contributed by atoms with E-state index in [1.807, 2.05) is 18.2 Å². The average molecular weight is 460 g/mol. The van der Waals surface area contributed by atoms with Gasteiger partial charge in [-0.2, -0.15) is 0 Å². The highest BCUT2D eigenvalue weighted by molar-refractivity contribution is 5.82. The van der Waals surface area contributed by atoms with Gasteiger partial charge in [0.1, 0.15) is 24.3 Å². The topological polar surface area (TPSA) is 133 Å². The van der Waals surface area contributed by atoms with E-state index in [2.05, 4.69) is 36.5 Å². The first-order valence-corrected chi connectivity index (χ1v) is 11.1. The first-order valence-electron chi connectivity index (χ1n) is 11.1. The molecule has 1 aliphatic carbocycles. The smallest absolute Gasteiger partial charge is 0.312 e. The fourth-order valence-corrected chi connectivity index (χ4v) is 3.94. The summed E-state index contributed by atoms with van der Waals surface area (Å²) in [5.74, 6) is -5.83. The largest absolute Gasteiger partial charge is 0.550 e. The van der Waals surface area contributed by atoms with Crippen LogP contribution in [0.5, 0.6) is 5.75 Å². The average Bonchev–Trinajstić information content (AvgIpc) is 2.77. The first-order chi connectivity index (χ1) is 15.7. The van der Waals surface area contributed by atoms with Crippen molar-refractivity contribution in [3.63, 3.8) is 0 Å². The third kappa shape index (κ3) is 7.02. The molecule has 0 spiro atoms. The fourth-order valence-electron chi connectivity index (χ4n) is 3.94. The normalized spacial score (nSPS) is 19.5. The van der Waals surface area contributed by atoms with E-state index < -0.39 is 29.6 Å². The second-order valence-electron chi connectivity index (χ2n) is 7.93. The molecular weight excluding hydrogens is 426 g/mol. The van der Waals surface area contributed by atoms with Crippen molar-refractivity contribution < 1.29 is 39.7 Å². The quantitative estimate of drug-likeness (QED) is 0.458. The van der Waals surface area contributed by atoms with Gasteiger partial charge in [0.25, 0.3) is 0 Å². The Morgan fingerprint density at radius 3 is 2.15 bits per heavy atom. The maximum atomic E-state index is 11.0. The van der Waals surface area contributed by atoms with Crippen LogP contribution in [-0.2, 0) is 25.6 Å². The Morgan fingerprint density at radius 2 is 1.67 bits per heavy atom. The number of aliphatic carboxylic acids is 2. The van der Waals surface area contributed by atoms with Crippen molar-refractivity contribution >= 4 is 11.9 Å². The lowest BCUT2D eigenvalue weighted by atomic mass is 9.67. The number of phenolic OH excluding ortho intramolecular Hbond substituents is 1. The second-order valence-corrected chi connectivity index (χ2v) is 7.93. The molecule has 3 atom stereocenters. The molecular formula is C25H33NO7. The number of hydrogen-bond donors (Lipinski definition) is 3. The van der Waals surface area contributed by atoms with Crippen molar-refractivity contribution in [2.75, 3.05) is 13.2 Å². The van der Waals surface area contributed by atoms with Crippen molar-refractivity contribution in [2.45, 2.75) is 45.6 Å². The van der Waals surface area contributed by atoms with E-state index in [1.54, 1.807) is 26.0 Å². The number of carboxylic acids is 2. The van der Waals surface area contributed by atoms with Crippen LogP contribution in [0.3, 0.4) is 0 Å². The van der Waals surface area contributed by atoms with Crippen LogP contribution in [0.15, 0.2) is 54.6 Å². The summed E-state index contributed by atoms with van der Waals surface area (Å²) in [6.45, 7) is 7.07. The standard InChI is InChI=1S/C15H17NO.C10H16O6/c1-12(14-5-3-2-4-6-14)16-11-13-7-9-15(17)10-8-13;1-3-15-10(16-4-2)5-6(8(11)12)7(10)9(13)14/h2-10,12,16-17H,11H2,1H3;6-7H,3-5H2,1-2H3,(H,11,12)(H,13,14)/t12-;/m1./s1. The maximum Gasteiger partial charge on any atom is 0.312 e. The number of benzene rings is 2. The summed E-state index contributed by atoms with van der Waals surface area (Å²) in [6, 6.07) is 18.3. The molecule has 1 aliphatic rings. The lowest BCUT2D eigenvalue weighted by Crippen LogP contribution is -2.83. The zero-order chi connectivity index (χ0) is 24.4. The number of quaternary nitrogens is 1. The van der Waals surface area contributed by atoms with Gasteiger partial charge in [-0.15, -0.1) is 0 Å². The van der Waals surface area contributed by atoms with Gasteiger partial charge in [0.05, 0.1) is 0 Å². The van der Waals surface area contributed by atoms with Crippen LogP contribution in [0, 0.1) is 11.8 Å². The van der Waals surface area contributed by atoms with Gasteiger partial charge in [0.15, 0.2) is 5.79 Å². The van der Waals surface area contributed by atoms with Crippen molar-refractivity contribution in [2.24, 2.45) is 11.8 Å². The van der Waals surface area contributed by atoms with Gasteiger partial charge >= 0.3 is 5.97 Å². The van der Waals surface area contributed by atoms with E-state index in [9.17, 15) is 19.8 Å². The number of carbonyl (C=O) groups excluding carboxylic acids is 1. The number of ether oxygens (including phenoxy) is 2. The lowest BCUT2D eigenvalue weighted by Gasteiger charge is -2.51. The third-order valence-electron chi connectivity index (χ3n) is 5.70. The monoisotopic (exact) mass is 459 g/mol. The zero-order valence-corrected chi connectivity index (χ0v) is 19.3. The van der Waals surface area contributed by atoms with E-state index in [4.69, 9.17) is 14.6 Å². The summed E-state index contributed by atoms with van der Waals surface area (Å²) in [5, 5.41) is 31.2. The van der Waals surface area contributed by atoms with Crippen LogP contribution in [0.1, 0.15) is 44.4 Å². The summed E-state index contributed by atoms with van der Waals surface area (Å²) in [6.07, 6.45) is 0.0218. The highest BCUT2D eigenvalue weighted by atomic mass is 16.7. The van der Waals surface area contributed by atoms with Crippen LogP contribution in [-0.4, -0.2) is 41.2 Å². The summed E-state index contributed by atoms with van der Waals surface area (Å²) < 4.78 is 10.5. The number of nitrogens with two attached hydrogens (primary N) is 1. The predicted octanol–water partition coefficient (Wildman–Crippen LogP) is 1.44. The van der Waals surface area contributed by atoms with Crippen LogP contribution < -0.4 is 10.4 Å². The number of hydrogen-bond acceptors (Lipinski definition) is 6. The maximum absolute atomic E-state index is 11.0. The molecule has 4 N–H and O–H groups in total. The SMILES string of the molecule is CCOC1(OCC)CC(C(=O)[O-])C1C(=O)O.C[C@@H]([NH2+]Cc1ccc(O)cc1)c1ccccc1. The molecule has 33 heavy (non-hydrogen) atoms. The minimum Gasteiger partial charge on any atom is -0.550 e. The van der Waals surface area contributed by atoms with E-state index in [1.165, 1.54) is 11.1 Å². The van der Waals surface area contributed by atoms with Gasteiger partial charge in [0, 0.05) is 42.6 Å². The van der Waals surface area contributed by atoms with Gasteiger partial charge in [-0.3, -0.25) is 4.79 Å². The van der Waals surface area contributed by atoms with Crippen molar-refractivity contribution in [1.82, 2.24) is 0 Å². The van der Waals surface area contributed by atoms with E-state index >= 15 is 0 Å². The Bertz CT molecular complexity index is 879. The number of rotatable bonds is 10. The van der Waals surface area contributed by atoms with Gasteiger partial charge in [0.2, 0.25) is 0 Å². The molecule has 2 aromatic carbocycles. The number of carboxylic acid groups (broad SMARTS) is 2. The molecule has 0 saturated heterocycles. The molecule has 8 nitrogen and oxygen atoms in total. The minimum absolute atomic E-state index is 0.0218. The molecule has 180 valence electrons. The highest BCUT2D eigenvalue weighted by Gasteiger charge is 2.60. The number of aromatic hydroxyl groups is 1. The molecule has 0 amide bonds. The molecule has 0 radical (unpaired) electrons. The second kappa shape index (κ2) is 12.3. The third-order valence-corrected chi connectivity index (χ3v) is 5.70. The fraction of sp³-hybridized carbons (Fsp3) is 0.440. The van der Waals surface area contributed by atoms with Crippen LogP contribution in [0.4, 0.5) is 0 Å². The Labute approximate surface area is 194 Å². The van der Waals surface area contributed by atoms with Crippen molar-refractivity contribution in [3.05, 3.63) is 65.7 Å². The van der Waals surface area contributed by atoms with Crippen LogP contribution >= 0.6 is 0 Å². The summed E-state index contributed by atoms with van der Waals surface area (Å²) in [7, 11) is 0. The summed E-state index contributed by atoms with van der Waals surface area (Å²) >= 11 is 0. The minimum atomic E-state index is -1.37. The number of carbonyl (C=O) groups is 2. The molecule has 3 rings (SSSR count). The lowest BCUT2D eigenvalue weighted by molar-refractivity contribution is -0.707. The van der Waals surface area contributed by atoms with E-state index in [0.29, 0.717) is 11.8 Å². The van der Waals surface area contributed by atoms with Crippen LogP contribution in [0.25, 0.3) is 0 Å². The molecule has 0 aliphatic heterocycles. The Balaban J connectivity index is 0.000000234. The first kappa shape index (κ1) is 26.3. The zero-order valence-electron chi connectivity index (χ0n) is 19.3. The Morgan fingerprint density at radius 1 is 1.09 bits per heavy atom. The van der Waals surface area contributed by atoms with Crippen LogP contribution in [0.2, 0.25) is 0 Å². The van der Waals surface area contributed by atoms with Crippen molar-refractivity contribution in [3.8, 4) is 5.75 Å². The van der Waals surface area contributed by atoms with Gasteiger partial charge < -0.3 is 34.9 Å². The van der Waals surface area contributed by atoms with Crippen molar-refractivity contribution in [1.29, 1.82) is 0 Å². The molecule has 2 aromatic rings. The molecule has 0 aromatic heterocycles. The van der Waals surface area contributed by atoms with E-state index in [0.717, 1.165) is 6.54 Å². The molecule has 2 unspecified atom stereocenters. The Kier molecular flexibility index (Phi) is 9.84. The van der Waals surface area contributed by atoms with E-state index in [-0.39, 0.29) is 19.6 Å². The number of phenols is 1. The molecule has 8 heteroatoms. The molecule has 1 saturated carbocycles. The predicted molar refractivity (Wildman–Crippen MR) is 119 cm³/mol. The van der Waals surface area contributed by atoms with Gasteiger partial charge in [-0.25, -0.2) is 0 Å². The summed E-state index contributed by atoms with van der Waals surface area (Å²) in [4.78, 5) is 21.7. The molecule has 0 bridgehead atoms. The molecule has 0 heterocycles. The Hall–Kier alpha value is -2.94. The summed E-state index contributed by atoms with van der Waals surface area (Å²) in [5.41, 5.74) is 2.57. The molecule has 1 fully saturated rings. The van der Waals surface area contributed by atoms with Gasteiger partial charge in [-0.05, 0) is 45.0 Å².